The fourth-order valence-corrected chi connectivity index (χ4v) is 4.70. The number of hydrogen-bond donors (Lipinski definition) is 0. The molecule has 0 bridgehead atoms. The molecule has 5 heterocycles. The number of piperidine rings is 1. The van der Waals surface area contributed by atoms with Gasteiger partial charge in [0.1, 0.15) is 0 Å². The molecular formula is C24H31N7O. The summed E-state index contributed by atoms with van der Waals surface area (Å²) in [5, 5.41) is 4.11. The van der Waals surface area contributed by atoms with Gasteiger partial charge in [0.15, 0.2) is 5.76 Å². The molecule has 2 aliphatic heterocycles. The van der Waals surface area contributed by atoms with Gasteiger partial charge in [0, 0.05) is 69.8 Å². The fourth-order valence-electron chi connectivity index (χ4n) is 4.70. The van der Waals surface area contributed by atoms with Crippen molar-refractivity contribution in [1.29, 1.82) is 0 Å². The maximum Gasteiger partial charge on any atom is 0.225 e. The molecule has 0 amide bonds. The van der Waals surface area contributed by atoms with E-state index < -0.39 is 0 Å². The van der Waals surface area contributed by atoms with E-state index in [1.807, 2.05) is 31.6 Å². The van der Waals surface area contributed by atoms with E-state index in [2.05, 4.69) is 44.0 Å². The summed E-state index contributed by atoms with van der Waals surface area (Å²) in [6.45, 7) is 8.93. The van der Waals surface area contributed by atoms with E-state index in [9.17, 15) is 0 Å². The van der Waals surface area contributed by atoms with Gasteiger partial charge in [0.05, 0.1) is 17.0 Å². The summed E-state index contributed by atoms with van der Waals surface area (Å²) in [5.41, 5.74) is 4.23. The molecule has 1 atom stereocenters. The van der Waals surface area contributed by atoms with Crippen LogP contribution in [0.2, 0.25) is 0 Å². The molecule has 32 heavy (non-hydrogen) atoms. The zero-order valence-electron chi connectivity index (χ0n) is 18.9. The minimum Gasteiger partial charge on any atom is -0.356 e. The Morgan fingerprint density at radius 2 is 1.91 bits per heavy atom. The van der Waals surface area contributed by atoms with Gasteiger partial charge in [-0.15, -0.1) is 0 Å². The predicted molar refractivity (Wildman–Crippen MR) is 123 cm³/mol. The lowest BCUT2D eigenvalue weighted by Gasteiger charge is -2.35. The molecule has 0 radical (unpaired) electrons. The first-order valence-corrected chi connectivity index (χ1v) is 11.5. The minimum atomic E-state index is 0.334. The average Bonchev–Trinajstić information content (AvgIpc) is 3.26. The summed E-state index contributed by atoms with van der Waals surface area (Å²) in [7, 11) is 2.17. The highest BCUT2D eigenvalue weighted by Gasteiger charge is 2.28. The molecule has 2 saturated heterocycles. The number of rotatable bonds is 5. The van der Waals surface area contributed by atoms with Gasteiger partial charge in [-0.05, 0) is 51.1 Å². The van der Waals surface area contributed by atoms with Crippen LogP contribution in [0.25, 0.3) is 11.3 Å². The van der Waals surface area contributed by atoms with Gasteiger partial charge in [0.2, 0.25) is 5.95 Å². The summed E-state index contributed by atoms with van der Waals surface area (Å²) >= 11 is 0. The second kappa shape index (κ2) is 9.34. The molecule has 3 aromatic rings. The van der Waals surface area contributed by atoms with Gasteiger partial charge in [-0.3, -0.25) is 9.88 Å². The third-order valence-electron chi connectivity index (χ3n) is 6.53. The summed E-state index contributed by atoms with van der Waals surface area (Å²) in [6.07, 6.45) is 7.95. The first-order chi connectivity index (χ1) is 15.7. The number of piperazine rings is 1. The van der Waals surface area contributed by atoms with Gasteiger partial charge in [-0.25, -0.2) is 9.97 Å². The molecule has 5 rings (SSSR count). The topological polar surface area (TPSA) is 74.4 Å². The molecule has 2 aliphatic rings. The van der Waals surface area contributed by atoms with E-state index in [4.69, 9.17) is 14.5 Å². The lowest BCUT2D eigenvalue weighted by Crippen LogP contribution is -2.45. The van der Waals surface area contributed by atoms with Crippen LogP contribution in [-0.4, -0.2) is 76.2 Å². The monoisotopic (exact) mass is 433 g/mol. The molecule has 8 nitrogen and oxygen atoms in total. The first kappa shape index (κ1) is 21.0. The van der Waals surface area contributed by atoms with Crippen molar-refractivity contribution in [3.63, 3.8) is 0 Å². The Kier molecular flexibility index (Phi) is 6.14. The fraction of sp³-hybridized carbons (Fsp3) is 0.500. The predicted octanol–water partition coefficient (Wildman–Crippen LogP) is 2.97. The zero-order chi connectivity index (χ0) is 21.9. The molecule has 0 spiro atoms. The highest BCUT2D eigenvalue weighted by atomic mass is 16.5. The number of likely N-dealkylation sites (N-methyl/N-ethyl adjacent to an activating group) is 1. The lowest BCUT2D eigenvalue weighted by atomic mass is 9.91. The Morgan fingerprint density at radius 1 is 1.09 bits per heavy atom. The summed E-state index contributed by atoms with van der Waals surface area (Å²) < 4.78 is 5.63. The maximum absolute atomic E-state index is 5.63. The maximum atomic E-state index is 5.63. The van der Waals surface area contributed by atoms with E-state index in [0.29, 0.717) is 5.92 Å². The molecule has 0 aromatic carbocycles. The van der Waals surface area contributed by atoms with Crippen LogP contribution in [0.1, 0.15) is 35.7 Å². The number of nitrogens with zero attached hydrogens (tertiary/aromatic N) is 7. The van der Waals surface area contributed by atoms with Crippen molar-refractivity contribution in [2.75, 3.05) is 51.2 Å². The first-order valence-electron chi connectivity index (χ1n) is 11.5. The normalized spacial score (nSPS) is 20.6. The summed E-state index contributed by atoms with van der Waals surface area (Å²) in [4.78, 5) is 21.2. The van der Waals surface area contributed by atoms with Crippen molar-refractivity contribution in [2.45, 2.75) is 32.2 Å². The van der Waals surface area contributed by atoms with Gasteiger partial charge < -0.3 is 14.3 Å². The van der Waals surface area contributed by atoms with Gasteiger partial charge in [0.25, 0.3) is 0 Å². The molecule has 168 valence electrons. The summed E-state index contributed by atoms with van der Waals surface area (Å²) in [6, 6.07) is 6.18. The van der Waals surface area contributed by atoms with Crippen LogP contribution in [0.15, 0.2) is 41.3 Å². The van der Waals surface area contributed by atoms with Crippen LogP contribution in [-0.2, 0) is 6.54 Å². The Morgan fingerprint density at radius 3 is 2.66 bits per heavy atom. The number of hydrogen-bond acceptors (Lipinski definition) is 8. The second-order valence-electron chi connectivity index (χ2n) is 9.02. The van der Waals surface area contributed by atoms with Crippen LogP contribution >= 0.6 is 0 Å². The number of anilines is 1. The van der Waals surface area contributed by atoms with Crippen molar-refractivity contribution < 1.29 is 4.52 Å². The number of pyridine rings is 1. The van der Waals surface area contributed by atoms with Crippen molar-refractivity contribution in [2.24, 2.45) is 0 Å². The highest BCUT2D eigenvalue weighted by molar-refractivity contribution is 5.61. The van der Waals surface area contributed by atoms with E-state index in [1.54, 1.807) is 0 Å². The smallest absolute Gasteiger partial charge is 0.225 e. The van der Waals surface area contributed by atoms with Crippen LogP contribution < -0.4 is 4.90 Å². The summed E-state index contributed by atoms with van der Waals surface area (Å²) in [5.74, 6) is 1.92. The SMILES string of the molecule is Cc1cc(-c2cnc(N3CCN(C)CC3)nc2C2CCCN(Cc3ccncc3)C2)on1. The van der Waals surface area contributed by atoms with E-state index in [0.717, 1.165) is 87.3 Å². The molecule has 1 unspecified atom stereocenters. The Balaban J connectivity index is 1.43. The largest absolute Gasteiger partial charge is 0.356 e. The third-order valence-corrected chi connectivity index (χ3v) is 6.53. The quantitative estimate of drug-likeness (QED) is 0.608. The van der Waals surface area contributed by atoms with Crippen molar-refractivity contribution in [1.82, 2.24) is 29.9 Å². The second-order valence-corrected chi connectivity index (χ2v) is 9.02. The van der Waals surface area contributed by atoms with Crippen molar-refractivity contribution in [3.8, 4) is 11.3 Å². The number of likely N-dealkylation sites (tertiary alicyclic amines) is 1. The Hall–Kier alpha value is -2.84. The van der Waals surface area contributed by atoms with Crippen LogP contribution in [0, 0.1) is 6.92 Å². The molecule has 8 heteroatoms. The molecular weight excluding hydrogens is 402 g/mol. The van der Waals surface area contributed by atoms with E-state index in [-0.39, 0.29) is 0 Å². The Bertz CT molecular complexity index is 1030. The molecule has 3 aromatic heterocycles. The lowest BCUT2D eigenvalue weighted by molar-refractivity contribution is 0.198. The van der Waals surface area contributed by atoms with E-state index >= 15 is 0 Å². The van der Waals surface area contributed by atoms with Gasteiger partial charge >= 0.3 is 0 Å². The Labute approximate surface area is 189 Å². The average molecular weight is 434 g/mol. The molecule has 0 saturated carbocycles. The number of aromatic nitrogens is 4. The molecule has 0 aliphatic carbocycles. The standard InChI is InChI=1S/C24H31N7O/c1-18-14-22(32-28-18)21-15-26-24(31-12-10-29(2)11-13-31)27-23(21)20-4-3-9-30(17-20)16-19-5-7-25-8-6-19/h5-8,14-15,20H,3-4,9-13,16-17H2,1-2H3. The van der Waals surface area contributed by atoms with Crippen LogP contribution in [0.5, 0.6) is 0 Å². The molecule has 2 fully saturated rings. The number of aryl methyl sites for hydroxylation is 1. The third kappa shape index (κ3) is 4.66. The zero-order valence-corrected chi connectivity index (χ0v) is 18.9. The van der Waals surface area contributed by atoms with Gasteiger partial charge in [-0.2, -0.15) is 0 Å². The minimum absolute atomic E-state index is 0.334. The van der Waals surface area contributed by atoms with Crippen LogP contribution in [0.3, 0.4) is 0 Å². The highest BCUT2D eigenvalue weighted by Crippen LogP contribution is 2.34. The van der Waals surface area contributed by atoms with E-state index in [1.165, 1.54) is 5.56 Å². The van der Waals surface area contributed by atoms with Crippen molar-refractivity contribution in [3.05, 3.63) is 53.7 Å². The van der Waals surface area contributed by atoms with Crippen LogP contribution in [0.4, 0.5) is 5.95 Å². The van der Waals surface area contributed by atoms with Gasteiger partial charge in [-0.1, -0.05) is 5.16 Å². The van der Waals surface area contributed by atoms with Crippen molar-refractivity contribution >= 4 is 5.95 Å². The molecule has 0 N–H and O–H groups in total.